The van der Waals surface area contributed by atoms with Crippen molar-refractivity contribution in [1.82, 2.24) is 15.2 Å². The van der Waals surface area contributed by atoms with Crippen LogP contribution in [0.5, 0.6) is 5.75 Å². The van der Waals surface area contributed by atoms with Crippen LogP contribution in [0.2, 0.25) is 5.02 Å². The van der Waals surface area contributed by atoms with Crippen LogP contribution in [0.3, 0.4) is 0 Å². The molecule has 1 aromatic heterocycles. The van der Waals surface area contributed by atoms with Crippen molar-refractivity contribution < 1.29 is 9.53 Å². The van der Waals surface area contributed by atoms with Gasteiger partial charge in [-0.15, -0.1) is 5.10 Å². The fourth-order valence-electron chi connectivity index (χ4n) is 2.25. The number of carbonyl (C=O) groups is 1. The Hall–Kier alpha value is -2.51. The summed E-state index contributed by atoms with van der Waals surface area (Å²) in [4.78, 5) is 16.5. The van der Waals surface area contributed by atoms with E-state index in [2.05, 4.69) is 20.5 Å². The average Bonchev–Trinajstić information content (AvgIpc) is 3.12. The van der Waals surface area contributed by atoms with Crippen molar-refractivity contribution in [2.45, 2.75) is 12.1 Å². The molecule has 134 valence electrons. The number of amides is 1. The number of carbonyl (C=O) groups excluding carboxylic acids is 1. The molecule has 0 bridgehead atoms. The molecule has 1 amide bonds. The number of ether oxygens (including phenoxy) is 1. The standard InChI is InChI=1S/C18H17ClN4O2S/c1-2-25-15-10-6-3-7-12(15)17-21-18(23-22-17)26-11-16(24)20-14-9-5-4-8-13(14)19/h3-10H,2,11H2,1H3,(H,20,24)(H,21,22,23). The van der Waals surface area contributed by atoms with Gasteiger partial charge in [-0.3, -0.25) is 9.89 Å². The molecule has 3 aromatic rings. The predicted molar refractivity (Wildman–Crippen MR) is 104 cm³/mol. The number of hydrogen-bond donors (Lipinski definition) is 2. The van der Waals surface area contributed by atoms with E-state index in [1.54, 1.807) is 12.1 Å². The number of benzene rings is 2. The molecule has 0 aliphatic rings. The first-order chi connectivity index (χ1) is 12.7. The number of nitrogens with zero attached hydrogens (tertiary/aromatic N) is 2. The summed E-state index contributed by atoms with van der Waals surface area (Å²) in [6.45, 7) is 2.49. The molecular formula is C18H17ClN4O2S. The van der Waals surface area contributed by atoms with Gasteiger partial charge in [0.15, 0.2) is 5.82 Å². The predicted octanol–water partition coefficient (Wildman–Crippen LogP) is 4.25. The summed E-state index contributed by atoms with van der Waals surface area (Å²) >= 11 is 7.27. The highest BCUT2D eigenvalue weighted by Gasteiger charge is 2.13. The van der Waals surface area contributed by atoms with Crippen LogP contribution in [-0.4, -0.2) is 33.4 Å². The van der Waals surface area contributed by atoms with Gasteiger partial charge in [0, 0.05) is 0 Å². The van der Waals surface area contributed by atoms with Crippen LogP contribution in [0.1, 0.15) is 6.92 Å². The van der Waals surface area contributed by atoms with E-state index in [1.165, 1.54) is 11.8 Å². The third-order valence-electron chi connectivity index (χ3n) is 3.39. The van der Waals surface area contributed by atoms with Crippen molar-refractivity contribution in [1.29, 1.82) is 0 Å². The number of anilines is 1. The summed E-state index contributed by atoms with van der Waals surface area (Å²) in [7, 11) is 0. The third-order valence-corrected chi connectivity index (χ3v) is 4.56. The number of thioether (sulfide) groups is 1. The Morgan fingerprint density at radius 1 is 1.23 bits per heavy atom. The van der Waals surface area contributed by atoms with Crippen molar-refractivity contribution in [2.24, 2.45) is 0 Å². The minimum atomic E-state index is -0.177. The molecule has 1 heterocycles. The highest BCUT2D eigenvalue weighted by atomic mass is 35.5. The van der Waals surface area contributed by atoms with Gasteiger partial charge in [0.1, 0.15) is 5.75 Å². The van der Waals surface area contributed by atoms with Crippen LogP contribution in [0.25, 0.3) is 11.4 Å². The van der Waals surface area contributed by atoms with Gasteiger partial charge in [-0.05, 0) is 31.2 Å². The first kappa shape index (κ1) is 18.3. The summed E-state index contributed by atoms with van der Waals surface area (Å²) in [6, 6.07) is 14.7. The number of para-hydroxylation sites is 2. The van der Waals surface area contributed by atoms with Crippen molar-refractivity contribution in [3.63, 3.8) is 0 Å². The Balaban J connectivity index is 1.62. The van der Waals surface area contributed by atoms with Gasteiger partial charge in [0.2, 0.25) is 11.1 Å². The van der Waals surface area contributed by atoms with Gasteiger partial charge in [-0.25, -0.2) is 4.98 Å². The molecular weight excluding hydrogens is 372 g/mol. The van der Waals surface area contributed by atoms with E-state index in [0.717, 1.165) is 11.3 Å². The van der Waals surface area contributed by atoms with Crippen LogP contribution < -0.4 is 10.1 Å². The second kappa shape index (κ2) is 8.73. The second-order valence-electron chi connectivity index (χ2n) is 5.21. The number of aromatic nitrogens is 3. The molecule has 0 atom stereocenters. The third kappa shape index (κ3) is 4.56. The number of rotatable bonds is 7. The van der Waals surface area contributed by atoms with Crippen LogP contribution in [0.15, 0.2) is 53.7 Å². The monoisotopic (exact) mass is 388 g/mol. The number of hydrogen-bond acceptors (Lipinski definition) is 5. The number of nitrogens with one attached hydrogen (secondary N) is 2. The van der Waals surface area contributed by atoms with Crippen LogP contribution >= 0.6 is 23.4 Å². The van der Waals surface area contributed by atoms with E-state index >= 15 is 0 Å². The Kier molecular flexibility index (Phi) is 6.14. The summed E-state index contributed by atoms with van der Waals surface area (Å²) in [5.41, 5.74) is 1.41. The smallest absolute Gasteiger partial charge is 0.234 e. The zero-order valence-corrected chi connectivity index (χ0v) is 15.6. The normalized spacial score (nSPS) is 10.5. The zero-order valence-electron chi connectivity index (χ0n) is 14.0. The number of H-pyrrole nitrogens is 1. The van der Waals surface area contributed by atoms with Crippen molar-refractivity contribution >= 4 is 35.0 Å². The van der Waals surface area contributed by atoms with E-state index in [-0.39, 0.29) is 11.7 Å². The summed E-state index contributed by atoms with van der Waals surface area (Å²) in [5, 5.41) is 10.8. The lowest BCUT2D eigenvalue weighted by Crippen LogP contribution is -2.14. The first-order valence-corrected chi connectivity index (χ1v) is 9.35. The molecule has 0 spiro atoms. The molecule has 0 aliphatic carbocycles. The van der Waals surface area contributed by atoms with Crippen LogP contribution in [0.4, 0.5) is 5.69 Å². The number of aromatic amines is 1. The lowest BCUT2D eigenvalue weighted by Gasteiger charge is -2.07. The lowest BCUT2D eigenvalue weighted by atomic mass is 10.2. The van der Waals surface area contributed by atoms with E-state index < -0.39 is 0 Å². The molecule has 0 fully saturated rings. The topological polar surface area (TPSA) is 79.9 Å². The lowest BCUT2D eigenvalue weighted by molar-refractivity contribution is -0.113. The first-order valence-electron chi connectivity index (χ1n) is 7.99. The SMILES string of the molecule is CCOc1ccccc1-c1nc(SCC(=O)Nc2ccccc2Cl)n[nH]1. The molecule has 8 heteroatoms. The van der Waals surface area contributed by atoms with E-state index in [9.17, 15) is 4.79 Å². The summed E-state index contributed by atoms with van der Waals surface area (Å²) in [6.07, 6.45) is 0. The maximum absolute atomic E-state index is 12.1. The second-order valence-corrected chi connectivity index (χ2v) is 6.56. The zero-order chi connectivity index (χ0) is 18.4. The van der Waals surface area contributed by atoms with Gasteiger partial charge < -0.3 is 10.1 Å². The molecule has 2 aromatic carbocycles. The molecule has 2 N–H and O–H groups in total. The molecule has 0 aliphatic heterocycles. The van der Waals surface area contributed by atoms with Crippen molar-refractivity contribution in [3.8, 4) is 17.1 Å². The maximum Gasteiger partial charge on any atom is 0.234 e. The minimum absolute atomic E-state index is 0.176. The molecule has 26 heavy (non-hydrogen) atoms. The van der Waals surface area contributed by atoms with Crippen molar-refractivity contribution in [3.05, 3.63) is 53.6 Å². The van der Waals surface area contributed by atoms with E-state index in [1.807, 2.05) is 43.3 Å². The van der Waals surface area contributed by atoms with Gasteiger partial charge in [0.05, 0.1) is 28.6 Å². The quantitative estimate of drug-likeness (QED) is 0.591. The minimum Gasteiger partial charge on any atom is -0.493 e. The summed E-state index contributed by atoms with van der Waals surface area (Å²) < 4.78 is 5.61. The Morgan fingerprint density at radius 2 is 2.00 bits per heavy atom. The molecule has 6 nitrogen and oxygen atoms in total. The Bertz CT molecular complexity index is 900. The maximum atomic E-state index is 12.1. The van der Waals surface area contributed by atoms with E-state index in [4.69, 9.17) is 16.3 Å². The molecule has 0 unspecified atom stereocenters. The molecule has 0 saturated carbocycles. The van der Waals surface area contributed by atoms with Gasteiger partial charge in [-0.1, -0.05) is 47.6 Å². The van der Waals surface area contributed by atoms with Gasteiger partial charge in [0.25, 0.3) is 0 Å². The van der Waals surface area contributed by atoms with Gasteiger partial charge >= 0.3 is 0 Å². The molecule has 0 radical (unpaired) electrons. The largest absolute Gasteiger partial charge is 0.493 e. The number of halogens is 1. The highest BCUT2D eigenvalue weighted by Crippen LogP contribution is 2.28. The fourth-order valence-corrected chi connectivity index (χ4v) is 3.04. The Labute approximate surface area is 160 Å². The molecule has 3 rings (SSSR count). The van der Waals surface area contributed by atoms with E-state index in [0.29, 0.717) is 28.3 Å². The fraction of sp³-hybridized carbons (Fsp3) is 0.167. The average molecular weight is 389 g/mol. The van der Waals surface area contributed by atoms with Crippen LogP contribution in [-0.2, 0) is 4.79 Å². The molecule has 0 saturated heterocycles. The van der Waals surface area contributed by atoms with Crippen LogP contribution in [0, 0.1) is 0 Å². The Morgan fingerprint density at radius 3 is 2.81 bits per heavy atom. The summed E-state index contributed by atoms with van der Waals surface area (Å²) in [5.74, 6) is 1.33. The highest BCUT2D eigenvalue weighted by molar-refractivity contribution is 7.99. The van der Waals surface area contributed by atoms with Crippen molar-refractivity contribution in [2.75, 3.05) is 17.7 Å². The van der Waals surface area contributed by atoms with Gasteiger partial charge in [-0.2, -0.15) is 0 Å².